The Morgan fingerprint density at radius 3 is 2.62 bits per heavy atom. The van der Waals surface area contributed by atoms with E-state index in [2.05, 4.69) is 20.4 Å². The van der Waals surface area contributed by atoms with E-state index in [0.29, 0.717) is 24.9 Å². The number of hydrogen-bond donors (Lipinski definition) is 2. The highest BCUT2D eigenvalue weighted by Gasteiger charge is 2.56. The van der Waals surface area contributed by atoms with E-state index in [1.807, 2.05) is 0 Å². The largest absolute Gasteiger partial charge is 0.466 e. The lowest BCUT2D eigenvalue weighted by Crippen LogP contribution is -2.52. The Kier molecular flexibility index (Phi) is 5.56. The molecule has 148 valence electrons. The number of aliphatic hydroxyl groups is 2. The fraction of sp³-hybridized carbons (Fsp3) is 0.864. The van der Waals surface area contributed by atoms with Crippen molar-refractivity contribution in [1.29, 1.82) is 0 Å². The second kappa shape index (κ2) is 7.27. The van der Waals surface area contributed by atoms with Crippen LogP contribution in [0.3, 0.4) is 0 Å². The molecule has 0 bridgehead atoms. The van der Waals surface area contributed by atoms with Gasteiger partial charge < -0.3 is 14.9 Å². The highest BCUT2D eigenvalue weighted by Crippen LogP contribution is 2.63. The molecule has 0 aromatic rings. The summed E-state index contributed by atoms with van der Waals surface area (Å²) in [6, 6.07) is 0. The minimum Gasteiger partial charge on any atom is -0.466 e. The van der Waals surface area contributed by atoms with E-state index in [1.54, 1.807) is 0 Å². The molecular formula is C22H36O4. The third kappa shape index (κ3) is 3.24. The van der Waals surface area contributed by atoms with E-state index in [-0.39, 0.29) is 41.3 Å². The molecule has 3 aliphatic carbocycles. The summed E-state index contributed by atoms with van der Waals surface area (Å²) >= 11 is 0. The molecule has 3 rings (SSSR count). The number of fused-ring (bicyclic) bond motifs is 1. The fourth-order valence-electron chi connectivity index (χ4n) is 6.63. The van der Waals surface area contributed by atoms with Gasteiger partial charge in [-0.05, 0) is 73.5 Å². The van der Waals surface area contributed by atoms with Gasteiger partial charge in [0.25, 0.3) is 0 Å². The van der Waals surface area contributed by atoms with Crippen LogP contribution in [0.25, 0.3) is 0 Å². The minimum atomic E-state index is -0.309. The lowest BCUT2D eigenvalue weighted by atomic mass is 9.49. The van der Waals surface area contributed by atoms with Crippen LogP contribution in [0.5, 0.6) is 0 Å². The average molecular weight is 365 g/mol. The second-order valence-electron chi connectivity index (χ2n) is 9.59. The smallest absolute Gasteiger partial charge is 0.302 e. The van der Waals surface area contributed by atoms with Crippen molar-refractivity contribution < 1.29 is 19.7 Å². The highest BCUT2D eigenvalue weighted by atomic mass is 16.5. The van der Waals surface area contributed by atoms with Crippen LogP contribution >= 0.6 is 0 Å². The van der Waals surface area contributed by atoms with E-state index in [9.17, 15) is 15.0 Å². The van der Waals surface area contributed by atoms with E-state index < -0.39 is 0 Å². The molecule has 0 aromatic heterocycles. The molecular weight excluding hydrogens is 328 g/mol. The Hall–Kier alpha value is -0.870. The van der Waals surface area contributed by atoms with Gasteiger partial charge in [0.15, 0.2) is 0 Å². The topological polar surface area (TPSA) is 66.8 Å². The molecule has 7 atom stereocenters. The summed E-state index contributed by atoms with van der Waals surface area (Å²) in [5, 5.41) is 20.6. The first kappa shape index (κ1) is 19.9. The van der Waals surface area contributed by atoms with Crippen LogP contribution in [0.1, 0.15) is 65.7 Å². The van der Waals surface area contributed by atoms with E-state index in [1.165, 1.54) is 12.5 Å². The summed E-state index contributed by atoms with van der Waals surface area (Å²) in [7, 11) is 0. The van der Waals surface area contributed by atoms with Crippen molar-refractivity contribution in [2.24, 2.45) is 34.5 Å². The third-order valence-corrected chi connectivity index (χ3v) is 8.44. The molecule has 0 aromatic carbocycles. The molecule has 3 saturated carbocycles. The molecule has 0 spiro atoms. The quantitative estimate of drug-likeness (QED) is 0.589. The van der Waals surface area contributed by atoms with Gasteiger partial charge in [-0.1, -0.05) is 26.0 Å². The summed E-state index contributed by atoms with van der Waals surface area (Å²) in [6.45, 7) is 11.0. The van der Waals surface area contributed by atoms with Crippen LogP contribution in [0.15, 0.2) is 12.2 Å². The van der Waals surface area contributed by atoms with Gasteiger partial charge in [-0.15, -0.1) is 0 Å². The van der Waals surface area contributed by atoms with E-state index in [4.69, 9.17) is 4.74 Å². The maximum Gasteiger partial charge on any atom is 0.302 e. The van der Waals surface area contributed by atoms with Crippen LogP contribution in [0, 0.1) is 34.5 Å². The normalized spacial score (nSPS) is 46.0. The number of carbonyl (C=O) groups excluding carboxylic acids is 1. The monoisotopic (exact) mass is 364 g/mol. The molecule has 3 fully saturated rings. The SMILES string of the molecule is C=C1CCC2[C@H](CO)C([C@@]3(C)CC[C@H](O)C[C@@H]3COC(C)=O)CC[C@]12C. The first-order valence-electron chi connectivity index (χ1n) is 10.3. The average Bonchev–Trinajstić information content (AvgIpc) is 2.90. The van der Waals surface area contributed by atoms with E-state index in [0.717, 1.165) is 38.5 Å². The maximum absolute atomic E-state index is 11.4. The predicted molar refractivity (Wildman–Crippen MR) is 101 cm³/mol. The number of esters is 1. The van der Waals surface area contributed by atoms with Crippen LogP contribution in [0.4, 0.5) is 0 Å². The van der Waals surface area contributed by atoms with Gasteiger partial charge in [0.2, 0.25) is 0 Å². The molecule has 2 unspecified atom stereocenters. The van der Waals surface area contributed by atoms with Crippen molar-refractivity contribution in [3.8, 4) is 0 Å². The molecule has 0 aliphatic heterocycles. The van der Waals surface area contributed by atoms with Gasteiger partial charge in [-0.3, -0.25) is 4.79 Å². The molecule has 4 heteroatoms. The number of allylic oxidation sites excluding steroid dienone is 1. The van der Waals surface area contributed by atoms with Gasteiger partial charge in [-0.25, -0.2) is 0 Å². The number of aliphatic hydroxyl groups excluding tert-OH is 2. The zero-order valence-electron chi connectivity index (χ0n) is 16.7. The first-order chi connectivity index (χ1) is 12.2. The molecule has 0 heterocycles. The van der Waals surface area contributed by atoms with Gasteiger partial charge in [0.05, 0.1) is 12.7 Å². The molecule has 26 heavy (non-hydrogen) atoms. The van der Waals surface area contributed by atoms with Gasteiger partial charge >= 0.3 is 5.97 Å². The molecule has 4 nitrogen and oxygen atoms in total. The Balaban J connectivity index is 1.86. The van der Waals surface area contributed by atoms with Crippen molar-refractivity contribution in [3.05, 3.63) is 12.2 Å². The molecule has 3 aliphatic rings. The van der Waals surface area contributed by atoms with Gasteiger partial charge in [-0.2, -0.15) is 0 Å². The first-order valence-corrected chi connectivity index (χ1v) is 10.3. The Labute approximate surface area is 158 Å². The van der Waals surface area contributed by atoms with Crippen LogP contribution in [-0.4, -0.2) is 35.5 Å². The summed E-state index contributed by atoms with van der Waals surface area (Å²) < 4.78 is 5.38. The van der Waals surface area contributed by atoms with Crippen LogP contribution in [-0.2, 0) is 9.53 Å². The number of carbonyl (C=O) groups is 1. The number of rotatable bonds is 4. The van der Waals surface area contributed by atoms with Crippen molar-refractivity contribution in [2.75, 3.05) is 13.2 Å². The predicted octanol–water partition coefficient (Wildman–Crippen LogP) is 3.71. The van der Waals surface area contributed by atoms with E-state index >= 15 is 0 Å². The molecule has 0 saturated heterocycles. The Morgan fingerprint density at radius 1 is 1.23 bits per heavy atom. The van der Waals surface area contributed by atoms with Gasteiger partial charge in [0, 0.05) is 19.4 Å². The third-order valence-electron chi connectivity index (χ3n) is 8.44. The zero-order valence-corrected chi connectivity index (χ0v) is 16.7. The highest BCUT2D eigenvalue weighted by molar-refractivity contribution is 5.65. The fourth-order valence-corrected chi connectivity index (χ4v) is 6.63. The zero-order chi connectivity index (χ0) is 19.1. The maximum atomic E-state index is 11.4. The van der Waals surface area contributed by atoms with Gasteiger partial charge in [0.1, 0.15) is 0 Å². The van der Waals surface area contributed by atoms with Crippen molar-refractivity contribution >= 4 is 5.97 Å². The van der Waals surface area contributed by atoms with Crippen LogP contribution < -0.4 is 0 Å². The Bertz CT molecular complexity index is 558. The van der Waals surface area contributed by atoms with Crippen molar-refractivity contribution in [1.82, 2.24) is 0 Å². The number of hydrogen-bond acceptors (Lipinski definition) is 4. The second-order valence-corrected chi connectivity index (χ2v) is 9.59. The molecule has 0 amide bonds. The summed E-state index contributed by atoms with van der Waals surface area (Å²) in [5.41, 5.74) is 1.52. The number of ether oxygens (including phenoxy) is 1. The van der Waals surface area contributed by atoms with Crippen molar-refractivity contribution in [3.63, 3.8) is 0 Å². The standard InChI is InChI=1S/C22H36O4/c1-14-5-6-19-18(12-23)20(8-10-21(14,19)3)22(4)9-7-17(25)11-16(22)13-26-15(2)24/h16-20,23,25H,1,5-13H2,2-4H3/t16-,17+,18+,19?,20?,21-,22+/m1/s1. The summed E-state index contributed by atoms with van der Waals surface area (Å²) in [4.78, 5) is 11.4. The molecule has 2 N–H and O–H groups in total. The summed E-state index contributed by atoms with van der Waals surface area (Å²) in [5.74, 6) is 1.08. The van der Waals surface area contributed by atoms with Crippen LogP contribution in [0.2, 0.25) is 0 Å². The molecule has 0 radical (unpaired) electrons. The lowest BCUT2D eigenvalue weighted by molar-refractivity contribution is -0.150. The minimum absolute atomic E-state index is 0.00662. The Morgan fingerprint density at radius 2 is 1.96 bits per heavy atom. The van der Waals surface area contributed by atoms with Crippen molar-refractivity contribution in [2.45, 2.75) is 71.8 Å². The lowest BCUT2D eigenvalue weighted by Gasteiger charge is -2.56. The summed E-state index contributed by atoms with van der Waals surface area (Å²) in [6.07, 6.45) is 6.54.